The summed E-state index contributed by atoms with van der Waals surface area (Å²) in [5.41, 5.74) is 1.07. The van der Waals surface area contributed by atoms with E-state index in [1.165, 1.54) is 12.1 Å². The first kappa shape index (κ1) is 23.8. The number of hydrogen-bond acceptors (Lipinski definition) is 5. The minimum Gasteiger partial charge on any atom is -0.497 e. The van der Waals surface area contributed by atoms with Gasteiger partial charge in [0.1, 0.15) is 11.6 Å². The highest BCUT2D eigenvalue weighted by atomic mass is 19.4. The number of halogens is 3. The van der Waals surface area contributed by atoms with Crippen LogP contribution in [-0.4, -0.2) is 36.2 Å². The van der Waals surface area contributed by atoms with Gasteiger partial charge in [-0.1, -0.05) is 12.1 Å². The highest BCUT2D eigenvalue weighted by Gasteiger charge is 2.29. The second-order valence-electron chi connectivity index (χ2n) is 7.52. The number of rotatable bonds is 7. The molecule has 0 bridgehead atoms. The lowest BCUT2D eigenvalue weighted by Gasteiger charge is -2.12. The second kappa shape index (κ2) is 10.3. The van der Waals surface area contributed by atoms with Crippen molar-refractivity contribution in [2.75, 3.05) is 30.8 Å². The predicted molar refractivity (Wildman–Crippen MR) is 128 cm³/mol. The molecule has 4 aromatic rings. The third kappa shape index (κ3) is 5.97. The van der Waals surface area contributed by atoms with Gasteiger partial charge in [0, 0.05) is 29.7 Å². The zero-order chi connectivity index (χ0) is 24.8. The number of nitrogens with one attached hydrogen (secondary N) is 3. The number of para-hydroxylation sites is 1. The maximum absolute atomic E-state index is 12.7. The summed E-state index contributed by atoms with van der Waals surface area (Å²) in [5, 5.41) is 9.22. The van der Waals surface area contributed by atoms with E-state index in [1.54, 1.807) is 7.11 Å². The first-order valence-electron chi connectivity index (χ1n) is 10.7. The summed E-state index contributed by atoms with van der Waals surface area (Å²) in [6.07, 6.45) is -4.43. The Morgan fingerprint density at radius 3 is 2.31 bits per heavy atom. The Morgan fingerprint density at radius 1 is 0.914 bits per heavy atom. The number of anilines is 2. The molecule has 0 spiro atoms. The molecule has 2 amide bonds. The van der Waals surface area contributed by atoms with Gasteiger partial charge in [-0.3, -0.25) is 0 Å². The fourth-order valence-corrected chi connectivity index (χ4v) is 3.36. The van der Waals surface area contributed by atoms with Gasteiger partial charge in [-0.2, -0.15) is 13.2 Å². The van der Waals surface area contributed by atoms with Crippen molar-refractivity contribution in [2.45, 2.75) is 6.18 Å². The van der Waals surface area contributed by atoms with E-state index in [0.29, 0.717) is 18.2 Å². The molecule has 0 aliphatic heterocycles. The summed E-state index contributed by atoms with van der Waals surface area (Å²) in [4.78, 5) is 21.4. The summed E-state index contributed by atoms with van der Waals surface area (Å²) in [6, 6.07) is 18.7. The van der Waals surface area contributed by atoms with Crippen LogP contribution < -0.4 is 20.7 Å². The third-order valence-corrected chi connectivity index (χ3v) is 5.12. The summed E-state index contributed by atoms with van der Waals surface area (Å²) in [6.45, 7) is 0.617. The van der Waals surface area contributed by atoms with Crippen LogP contribution in [0.5, 0.6) is 5.75 Å². The molecular formula is C25H22F3N5O2. The van der Waals surface area contributed by atoms with Gasteiger partial charge in [0.2, 0.25) is 0 Å². The summed E-state index contributed by atoms with van der Waals surface area (Å²) in [5.74, 6) is 1.89. The molecule has 0 aliphatic carbocycles. The van der Waals surface area contributed by atoms with Crippen molar-refractivity contribution in [3.8, 4) is 17.1 Å². The van der Waals surface area contributed by atoms with Gasteiger partial charge in [0.15, 0.2) is 5.82 Å². The number of carbonyl (C=O) groups is 1. The first-order chi connectivity index (χ1) is 16.8. The van der Waals surface area contributed by atoms with E-state index in [9.17, 15) is 18.0 Å². The van der Waals surface area contributed by atoms with Gasteiger partial charge >= 0.3 is 12.2 Å². The number of aromatic nitrogens is 2. The molecule has 180 valence electrons. The number of urea groups is 1. The molecule has 10 heteroatoms. The molecule has 0 fully saturated rings. The van der Waals surface area contributed by atoms with Gasteiger partial charge in [-0.25, -0.2) is 14.8 Å². The molecule has 1 heterocycles. The average Bonchev–Trinajstić information content (AvgIpc) is 2.86. The van der Waals surface area contributed by atoms with Crippen LogP contribution >= 0.6 is 0 Å². The number of amides is 2. The van der Waals surface area contributed by atoms with E-state index in [4.69, 9.17) is 4.74 Å². The smallest absolute Gasteiger partial charge is 0.416 e. The quantitative estimate of drug-likeness (QED) is 0.301. The Labute approximate surface area is 199 Å². The SMILES string of the molecule is COc1ccc(-c2nc(NCCNC(=O)Nc3ccc(C(F)(F)F)cc3)c3ccccc3n2)cc1. The van der Waals surface area contributed by atoms with Crippen molar-refractivity contribution in [3.05, 3.63) is 78.4 Å². The highest BCUT2D eigenvalue weighted by molar-refractivity contribution is 5.91. The van der Waals surface area contributed by atoms with Crippen LogP contribution in [0.4, 0.5) is 29.5 Å². The van der Waals surface area contributed by atoms with E-state index in [2.05, 4.69) is 25.9 Å². The number of ether oxygens (including phenoxy) is 1. The van der Waals surface area contributed by atoms with Crippen molar-refractivity contribution >= 4 is 28.4 Å². The summed E-state index contributed by atoms with van der Waals surface area (Å²) in [7, 11) is 1.60. The van der Waals surface area contributed by atoms with Gasteiger partial charge < -0.3 is 20.7 Å². The zero-order valence-electron chi connectivity index (χ0n) is 18.7. The van der Waals surface area contributed by atoms with Gasteiger partial charge in [0.05, 0.1) is 18.2 Å². The predicted octanol–water partition coefficient (Wildman–Crippen LogP) is 5.56. The lowest BCUT2D eigenvalue weighted by atomic mass is 10.1. The number of alkyl halides is 3. The molecule has 0 saturated carbocycles. The number of hydrogen-bond donors (Lipinski definition) is 3. The summed E-state index contributed by atoms with van der Waals surface area (Å²) >= 11 is 0. The zero-order valence-corrected chi connectivity index (χ0v) is 18.7. The van der Waals surface area contributed by atoms with Crippen LogP contribution in [0.25, 0.3) is 22.3 Å². The molecule has 0 aliphatic rings. The van der Waals surface area contributed by atoms with Crippen LogP contribution in [0, 0.1) is 0 Å². The number of fused-ring (bicyclic) bond motifs is 1. The Kier molecular flexibility index (Phi) is 7.00. The van der Waals surface area contributed by atoms with Crippen molar-refractivity contribution < 1.29 is 22.7 Å². The van der Waals surface area contributed by atoms with E-state index in [-0.39, 0.29) is 12.2 Å². The fraction of sp³-hybridized carbons (Fsp3) is 0.160. The molecule has 0 unspecified atom stereocenters. The van der Waals surface area contributed by atoms with Gasteiger partial charge in [0.25, 0.3) is 0 Å². The second-order valence-corrected chi connectivity index (χ2v) is 7.52. The molecule has 7 nitrogen and oxygen atoms in total. The Hall–Kier alpha value is -4.34. The Bertz CT molecular complexity index is 1310. The largest absolute Gasteiger partial charge is 0.497 e. The molecule has 0 radical (unpaired) electrons. The van der Waals surface area contributed by atoms with E-state index >= 15 is 0 Å². The molecule has 4 rings (SSSR count). The molecular weight excluding hydrogens is 459 g/mol. The molecule has 1 aromatic heterocycles. The van der Waals surface area contributed by atoms with Crippen molar-refractivity contribution in [3.63, 3.8) is 0 Å². The van der Waals surface area contributed by atoms with Gasteiger partial charge in [-0.05, 0) is 60.7 Å². The van der Waals surface area contributed by atoms with E-state index < -0.39 is 17.8 Å². The lowest BCUT2D eigenvalue weighted by molar-refractivity contribution is -0.137. The lowest BCUT2D eigenvalue weighted by Crippen LogP contribution is -2.32. The minimum atomic E-state index is -4.43. The van der Waals surface area contributed by atoms with Crippen molar-refractivity contribution in [1.29, 1.82) is 0 Å². The maximum atomic E-state index is 12.7. The molecule has 3 aromatic carbocycles. The highest BCUT2D eigenvalue weighted by Crippen LogP contribution is 2.30. The Balaban J connectivity index is 1.38. The summed E-state index contributed by atoms with van der Waals surface area (Å²) < 4.78 is 43.2. The number of benzene rings is 3. The van der Waals surface area contributed by atoms with E-state index in [1.807, 2.05) is 48.5 Å². The van der Waals surface area contributed by atoms with E-state index in [0.717, 1.165) is 34.3 Å². The fourth-order valence-electron chi connectivity index (χ4n) is 3.36. The van der Waals surface area contributed by atoms with Gasteiger partial charge in [-0.15, -0.1) is 0 Å². The molecule has 0 saturated heterocycles. The standard InChI is InChI=1S/C25H22F3N5O2/c1-35-19-12-6-16(7-13-19)22-32-21-5-3-2-4-20(21)23(33-22)29-14-15-30-24(34)31-18-10-8-17(9-11-18)25(26,27)28/h2-13H,14-15H2,1H3,(H,29,32,33)(H2,30,31,34). The number of nitrogens with zero attached hydrogens (tertiary/aromatic N) is 2. The van der Waals surface area contributed by atoms with Crippen LogP contribution in [0.2, 0.25) is 0 Å². The third-order valence-electron chi connectivity index (χ3n) is 5.12. The topological polar surface area (TPSA) is 88.2 Å². The van der Waals surface area contributed by atoms with Crippen molar-refractivity contribution in [1.82, 2.24) is 15.3 Å². The first-order valence-corrected chi connectivity index (χ1v) is 10.7. The van der Waals surface area contributed by atoms with Crippen LogP contribution in [-0.2, 0) is 6.18 Å². The average molecular weight is 481 g/mol. The molecule has 0 atom stereocenters. The monoisotopic (exact) mass is 481 g/mol. The number of methoxy groups -OCH3 is 1. The minimum absolute atomic E-state index is 0.253. The molecule has 3 N–H and O–H groups in total. The van der Waals surface area contributed by atoms with Crippen LogP contribution in [0.15, 0.2) is 72.8 Å². The maximum Gasteiger partial charge on any atom is 0.416 e. The van der Waals surface area contributed by atoms with Crippen LogP contribution in [0.1, 0.15) is 5.56 Å². The molecule has 35 heavy (non-hydrogen) atoms. The Morgan fingerprint density at radius 2 is 1.63 bits per heavy atom. The number of carbonyl (C=O) groups excluding carboxylic acids is 1. The normalized spacial score (nSPS) is 11.2. The van der Waals surface area contributed by atoms with Crippen LogP contribution in [0.3, 0.4) is 0 Å². The van der Waals surface area contributed by atoms with Crippen molar-refractivity contribution in [2.24, 2.45) is 0 Å².